The quantitative estimate of drug-likeness (QED) is 0.483. The summed E-state index contributed by atoms with van der Waals surface area (Å²) in [6.07, 6.45) is 3.67. The molecule has 13 heavy (non-hydrogen) atoms. The highest BCUT2D eigenvalue weighted by Gasteiger charge is 2.46. The Bertz CT molecular complexity index is 236. The van der Waals surface area contributed by atoms with E-state index in [-0.39, 0.29) is 12.0 Å². The van der Waals surface area contributed by atoms with E-state index in [1.54, 1.807) is 0 Å². The first-order valence-electron chi connectivity index (χ1n) is 4.73. The number of aliphatic hydroxyl groups excluding tert-OH is 1. The van der Waals surface area contributed by atoms with Gasteiger partial charge in [0.25, 0.3) is 0 Å². The number of hydrogen-bond acceptors (Lipinski definition) is 3. The van der Waals surface area contributed by atoms with E-state index in [0.29, 0.717) is 5.92 Å². The number of hydrogen-bond donors (Lipinski definition) is 1. The summed E-state index contributed by atoms with van der Waals surface area (Å²) < 4.78 is 5.07. The minimum atomic E-state index is -0.879. The lowest BCUT2D eigenvalue weighted by molar-refractivity contribution is -0.147. The molecule has 1 aliphatic heterocycles. The van der Waals surface area contributed by atoms with Gasteiger partial charge in [0.05, 0.1) is 0 Å². The van der Waals surface area contributed by atoms with Gasteiger partial charge in [-0.25, -0.2) is 4.79 Å². The molecule has 2 aliphatic rings. The van der Waals surface area contributed by atoms with Gasteiger partial charge in [0.2, 0.25) is 0 Å². The smallest absolute Gasteiger partial charge is 0.335 e. The number of rotatable bonds is 1. The van der Waals surface area contributed by atoms with Crippen molar-refractivity contribution in [3.8, 4) is 0 Å². The lowest BCUT2D eigenvalue weighted by Gasteiger charge is -2.28. The second-order valence-corrected chi connectivity index (χ2v) is 3.89. The monoisotopic (exact) mass is 182 g/mol. The zero-order chi connectivity index (χ0) is 9.42. The van der Waals surface area contributed by atoms with E-state index in [0.717, 1.165) is 19.3 Å². The third-order valence-corrected chi connectivity index (χ3v) is 3.13. The highest BCUT2D eigenvalue weighted by molar-refractivity contribution is 5.77. The lowest BCUT2D eigenvalue weighted by atomic mass is 9.79. The molecule has 3 heteroatoms. The largest absolute Gasteiger partial charge is 0.460 e. The van der Waals surface area contributed by atoms with Crippen LogP contribution in [0, 0.1) is 11.8 Å². The number of esters is 1. The van der Waals surface area contributed by atoms with Crippen molar-refractivity contribution < 1.29 is 14.6 Å². The van der Waals surface area contributed by atoms with Crippen molar-refractivity contribution in [2.75, 3.05) is 0 Å². The molecule has 2 unspecified atom stereocenters. The first kappa shape index (κ1) is 8.75. The number of carbonyl (C=O) groups is 1. The minimum absolute atomic E-state index is 0.0312. The summed E-state index contributed by atoms with van der Waals surface area (Å²) in [6, 6.07) is 0. The molecule has 3 nitrogen and oxygen atoms in total. The number of allylic oxidation sites excluding steroid dienone is 1. The van der Waals surface area contributed by atoms with Crippen molar-refractivity contribution in [3.63, 3.8) is 0 Å². The van der Waals surface area contributed by atoms with Crippen LogP contribution in [0.2, 0.25) is 0 Å². The average molecular weight is 182 g/mol. The van der Waals surface area contributed by atoms with Gasteiger partial charge in [0, 0.05) is 5.92 Å². The molecule has 0 aromatic carbocycles. The second kappa shape index (κ2) is 3.14. The highest BCUT2D eigenvalue weighted by atomic mass is 16.6. The topological polar surface area (TPSA) is 46.5 Å². The summed E-state index contributed by atoms with van der Waals surface area (Å²) >= 11 is 0. The number of carbonyl (C=O) groups excluding carboxylic acids is 1. The molecule has 0 amide bonds. The van der Waals surface area contributed by atoms with Crippen LogP contribution in [0.1, 0.15) is 19.3 Å². The van der Waals surface area contributed by atoms with Gasteiger partial charge >= 0.3 is 5.97 Å². The van der Waals surface area contributed by atoms with Gasteiger partial charge in [-0.3, -0.25) is 0 Å². The van der Waals surface area contributed by atoms with E-state index in [2.05, 4.69) is 6.58 Å². The molecule has 2 fully saturated rings. The van der Waals surface area contributed by atoms with Gasteiger partial charge in [0.15, 0.2) is 6.10 Å². The van der Waals surface area contributed by atoms with Crippen LogP contribution in [-0.2, 0) is 9.53 Å². The molecular formula is C10H14O3. The van der Waals surface area contributed by atoms with Crippen LogP contribution in [0.25, 0.3) is 0 Å². The third kappa shape index (κ3) is 1.37. The molecule has 1 N–H and O–H groups in total. The molecule has 0 aromatic rings. The summed E-state index contributed by atoms with van der Waals surface area (Å²) in [7, 11) is 0. The van der Waals surface area contributed by atoms with Gasteiger partial charge in [-0.15, -0.1) is 6.58 Å². The molecule has 0 aromatic heterocycles. The van der Waals surface area contributed by atoms with E-state index < -0.39 is 12.1 Å². The van der Waals surface area contributed by atoms with Crippen LogP contribution in [0.15, 0.2) is 12.7 Å². The maximum Gasteiger partial charge on any atom is 0.335 e. The molecule has 1 aliphatic carbocycles. The van der Waals surface area contributed by atoms with Crippen LogP contribution < -0.4 is 0 Å². The van der Waals surface area contributed by atoms with Gasteiger partial charge in [-0.1, -0.05) is 6.08 Å². The summed E-state index contributed by atoms with van der Waals surface area (Å²) in [5, 5.41) is 9.45. The van der Waals surface area contributed by atoms with Crippen molar-refractivity contribution in [1.29, 1.82) is 0 Å². The molecule has 1 saturated carbocycles. The maximum absolute atomic E-state index is 11.0. The Morgan fingerprint density at radius 3 is 3.00 bits per heavy atom. The van der Waals surface area contributed by atoms with E-state index in [4.69, 9.17) is 4.74 Å². The van der Waals surface area contributed by atoms with Gasteiger partial charge < -0.3 is 9.84 Å². The summed E-state index contributed by atoms with van der Waals surface area (Å²) in [6.45, 7) is 3.73. The highest BCUT2D eigenvalue weighted by Crippen LogP contribution is 2.38. The van der Waals surface area contributed by atoms with E-state index in [9.17, 15) is 9.90 Å². The number of ether oxygens (including phenoxy) is 1. The van der Waals surface area contributed by atoms with E-state index in [1.165, 1.54) is 0 Å². The van der Waals surface area contributed by atoms with Gasteiger partial charge in [0.1, 0.15) is 6.10 Å². The molecule has 72 valence electrons. The predicted octanol–water partition coefficient (Wildman–Crippen LogP) is 0.875. The Hall–Kier alpha value is -0.830. The Balaban J connectivity index is 2.07. The van der Waals surface area contributed by atoms with Gasteiger partial charge in [-0.2, -0.15) is 0 Å². The first-order valence-corrected chi connectivity index (χ1v) is 4.73. The number of aliphatic hydroxyl groups is 1. The molecule has 1 saturated heterocycles. The Morgan fingerprint density at radius 1 is 1.54 bits per heavy atom. The van der Waals surface area contributed by atoms with Crippen LogP contribution in [0.5, 0.6) is 0 Å². The zero-order valence-corrected chi connectivity index (χ0v) is 7.48. The van der Waals surface area contributed by atoms with Crippen LogP contribution in [-0.4, -0.2) is 23.3 Å². The fourth-order valence-corrected chi connectivity index (χ4v) is 2.29. The second-order valence-electron chi connectivity index (χ2n) is 3.89. The third-order valence-electron chi connectivity index (χ3n) is 3.13. The molecule has 0 radical (unpaired) electrons. The van der Waals surface area contributed by atoms with Crippen molar-refractivity contribution in [2.45, 2.75) is 31.5 Å². The maximum atomic E-state index is 11.0. The standard InChI is InChI=1S/C10H14O3/c1-2-6-3-4-7-8(5-6)13-10(12)9(7)11/h2,6-9,11H,1,3-5H2/t6-,7?,8?,9+/m0/s1. The Labute approximate surface area is 77.4 Å². The predicted molar refractivity (Wildman–Crippen MR) is 46.9 cm³/mol. The Morgan fingerprint density at radius 2 is 2.31 bits per heavy atom. The molecule has 0 spiro atoms. The Kier molecular flexibility index (Phi) is 2.12. The normalized spacial score (nSPS) is 43.9. The summed E-state index contributed by atoms with van der Waals surface area (Å²) in [4.78, 5) is 11.0. The van der Waals surface area contributed by atoms with Crippen LogP contribution >= 0.6 is 0 Å². The zero-order valence-electron chi connectivity index (χ0n) is 7.48. The van der Waals surface area contributed by atoms with E-state index >= 15 is 0 Å². The van der Waals surface area contributed by atoms with Gasteiger partial charge in [-0.05, 0) is 25.2 Å². The molecular weight excluding hydrogens is 168 g/mol. The fraction of sp³-hybridized carbons (Fsp3) is 0.700. The van der Waals surface area contributed by atoms with E-state index in [1.807, 2.05) is 6.08 Å². The number of fused-ring (bicyclic) bond motifs is 1. The lowest BCUT2D eigenvalue weighted by Crippen LogP contribution is -2.30. The molecule has 2 rings (SSSR count). The first-order chi connectivity index (χ1) is 6.22. The minimum Gasteiger partial charge on any atom is -0.460 e. The molecule has 0 bridgehead atoms. The van der Waals surface area contributed by atoms with Crippen LogP contribution in [0.4, 0.5) is 0 Å². The van der Waals surface area contributed by atoms with Crippen molar-refractivity contribution in [1.82, 2.24) is 0 Å². The summed E-state index contributed by atoms with van der Waals surface area (Å²) in [5.74, 6) is 0.0303. The average Bonchev–Trinajstić information content (AvgIpc) is 2.42. The fourth-order valence-electron chi connectivity index (χ4n) is 2.29. The van der Waals surface area contributed by atoms with Crippen LogP contribution in [0.3, 0.4) is 0 Å². The van der Waals surface area contributed by atoms with Crippen molar-refractivity contribution >= 4 is 5.97 Å². The summed E-state index contributed by atoms with van der Waals surface area (Å²) in [5.41, 5.74) is 0. The molecule has 1 heterocycles. The van der Waals surface area contributed by atoms with Crippen molar-refractivity contribution in [3.05, 3.63) is 12.7 Å². The van der Waals surface area contributed by atoms with Crippen molar-refractivity contribution in [2.24, 2.45) is 11.8 Å². The molecule has 4 atom stereocenters. The SMILES string of the molecule is C=C[C@H]1CCC2C(C1)OC(=O)[C@@H]2O.